The van der Waals surface area contributed by atoms with E-state index in [1.54, 1.807) is 18.2 Å². The highest BCUT2D eigenvalue weighted by atomic mass is 35.5. The fraction of sp³-hybridized carbons (Fsp3) is 0.333. The van der Waals surface area contributed by atoms with E-state index < -0.39 is 27.6 Å². The molecule has 11 heteroatoms. The van der Waals surface area contributed by atoms with Crippen molar-refractivity contribution in [1.82, 2.24) is 10.0 Å². The van der Waals surface area contributed by atoms with Crippen LogP contribution in [0.1, 0.15) is 12.0 Å². The Kier molecular flexibility index (Phi) is 6.35. The molecule has 0 saturated carbocycles. The van der Waals surface area contributed by atoms with Gasteiger partial charge in [-0.3, -0.25) is 0 Å². The lowest BCUT2D eigenvalue weighted by atomic mass is 9.80. The quantitative estimate of drug-likeness (QED) is 0.669. The summed E-state index contributed by atoms with van der Waals surface area (Å²) in [5.41, 5.74) is 0.314. The van der Waals surface area contributed by atoms with Gasteiger partial charge in [0.05, 0.1) is 14.9 Å². The Morgan fingerprint density at radius 3 is 2.34 bits per heavy atom. The fourth-order valence-electron chi connectivity index (χ4n) is 3.21. The lowest BCUT2D eigenvalue weighted by Crippen LogP contribution is -2.42. The number of ether oxygens (including phenoxy) is 1. The second-order valence-corrected chi connectivity index (χ2v) is 9.26. The Morgan fingerprint density at radius 1 is 1.10 bits per heavy atom. The highest BCUT2D eigenvalue weighted by Crippen LogP contribution is 2.34. The smallest absolute Gasteiger partial charge is 0.406 e. The van der Waals surface area contributed by atoms with E-state index in [9.17, 15) is 21.6 Å². The summed E-state index contributed by atoms with van der Waals surface area (Å²) >= 11 is 12.1. The predicted octanol–water partition coefficient (Wildman–Crippen LogP) is 4.10. The van der Waals surface area contributed by atoms with Gasteiger partial charge in [0, 0.05) is 18.5 Å². The molecule has 1 heterocycles. The molecule has 2 aromatic rings. The van der Waals surface area contributed by atoms with Gasteiger partial charge < -0.3 is 10.1 Å². The van der Waals surface area contributed by atoms with E-state index in [1.807, 2.05) is 0 Å². The van der Waals surface area contributed by atoms with Gasteiger partial charge in [0.15, 0.2) is 0 Å². The van der Waals surface area contributed by atoms with Crippen LogP contribution in [-0.4, -0.2) is 34.4 Å². The van der Waals surface area contributed by atoms with Crippen LogP contribution in [0.3, 0.4) is 0 Å². The molecule has 1 atom stereocenters. The molecule has 2 aromatic carbocycles. The number of hydrogen-bond donors (Lipinski definition) is 2. The van der Waals surface area contributed by atoms with E-state index in [1.165, 1.54) is 0 Å². The third-order valence-electron chi connectivity index (χ3n) is 4.74. The maximum Gasteiger partial charge on any atom is 0.573 e. The summed E-state index contributed by atoms with van der Waals surface area (Å²) < 4.78 is 68.3. The Hall–Kier alpha value is -1.52. The summed E-state index contributed by atoms with van der Waals surface area (Å²) in [7, 11) is -3.95. The summed E-state index contributed by atoms with van der Waals surface area (Å²) in [5, 5.41) is 3.99. The van der Waals surface area contributed by atoms with Crippen LogP contribution in [0.25, 0.3) is 0 Å². The van der Waals surface area contributed by atoms with Gasteiger partial charge in [0.1, 0.15) is 5.75 Å². The van der Waals surface area contributed by atoms with Crippen molar-refractivity contribution < 1.29 is 26.3 Å². The largest absolute Gasteiger partial charge is 0.573 e. The number of halogens is 5. The topological polar surface area (TPSA) is 67.4 Å². The van der Waals surface area contributed by atoms with Gasteiger partial charge in [0.25, 0.3) is 0 Å². The standard InChI is InChI=1S/C18H17Cl2F3N2O3S/c19-15-6-1-12(9-16(15)20)17(7-8-24-10-17)11-25-29(26,27)14-4-2-13(3-5-14)28-18(21,22)23/h1-6,9,24-25H,7-8,10-11H2/t17-/m0/s1. The average Bonchev–Trinajstić information content (AvgIpc) is 3.12. The van der Waals surface area contributed by atoms with Gasteiger partial charge in [-0.2, -0.15) is 0 Å². The minimum Gasteiger partial charge on any atom is -0.406 e. The first-order valence-corrected chi connectivity index (χ1v) is 10.8. The first kappa shape index (κ1) is 22.2. The molecule has 3 rings (SSSR count). The SMILES string of the molecule is O=S(=O)(NC[C@]1(c2ccc(Cl)c(Cl)c2)CCNC1)c1ccc(OC(F)(F)F)cc1. The minimum atomic E-state index is -4.85. The van der Waals surface area contributed by atoms with E-state index in [-0.39, 0.29) is 11.4 Å². The molecule has 1 saturated heterocycles. The highest BCUT2D eigenvalue weighted by molar-refractivity contribution is 7.89. The number of rotatable bonds is 6. The van der Waals surface area contributed by atoms with Crippen molar-refractivity contribution >= 4 is 33.2 Å². The molecule has 2 N–H and O–H groups in total. The Balaban J connectivity index is 1.78. The van der Waals surface area contributed by atoms with Crippen LogP contribution in [0.2, 0.25) is 10.0 Å². The number of sulfonamides is 1. The first-order chi connectivity index (χ1) is 13.5. The van der Waals surface area contributed by atoms with Crippen LogP contribution in [0.4, 0.5) is 13.2 Å². The second kappa shape index (κ2) is 8.31. The highest BCUT2D eigenvalue weighted by Gasteiger charge is 2.37. The predicted molar refractivity (Wildman–Crippen MR) is 104 cm³/mol. The molecule has 1 aliphatic rings. The van der Waals surface area contributed by atoms with E-state index >= 15 is 0 Å². The number of nitrogens with one attached hydrogen (secondary N) is 2. The number of alkyl halides is 3. The van der Waals surface area contributed by atoms with Crippen molar-refractivity contribution in [2.75, 3.05) is 19.6 Å². The van der Waals surface area contributed by atoms with Crippen molar-refractivity contribution in [2.45, 2.75) is 23.1 Å². The average molecular weight is 469 g/mol. The van der Waals surface area contributed by atoms with E-state index in [0.717, 1.165) is 29.8 Å². The van der Waals surface area contributed by atoms with Gasteiger partial charge in [-0.1, -0.05) is 29.3 Å². The normalized spacial score (nSPS) is 20.0. The van der Waals surface area contributed by atoms with Crippen molar-refractivity contribution in [3.63, 3.8) is 0 Å². The molecule has 0 amide bonds. The molecule has 158 valence electrons. The second-order valence-electron chi connectivity index (χ2n) is 6.68. The van der Waals surface area contributed by atoms with Crippen LogP contribution in [-0.2, 0) is 15.4 Å². The maximum absolute atomic E-state index is 12.6. The zero-order valence-corrected chi connectivity index (χ0v) is 17.2. The summed E-state index contributed by atoms with van der Waals surface area (Å²) in [5.74, 6) is -0.497. The summed E-state index contributed by atoms with van der Waals surface area (Å²) in [6.07, 6.45) is -4.17. The molecule has 5 nitrogen and oxygen atoms in total. The van der Waals surface area contributed by atoms with Crippen LogP contribution >= 0.6 is 23.2 Å². The Bertz CT molecular complexity index is 977. The van der Waals surface area contributed by atoms with E-state index in [4.69, 9.17) is 23.2 Å². The Morgan fingerprint density at radius 2 is 1.79 bits per heavy atom. The third-order valence-corrected chi connectivity index (χ3v) is 6.90. The van der Waals surface area contributed by atoms with Gasteiger partial charge in [-0.15, -0.1) is 13.2 Å². The minimum absolute atomic E-state index is 0.0844. The molecule has 0 aliphatic carbocycles. The van der Waals surface area contributed by atoms with Crippen molar-refractivity contribution in [3.05, 3.63) is 58.1 Å². The van der Waals surface area contributed by atoms with Gasteiger partial charge in [-0.05, 0) is 54.9 Å². The van der Waals surface area contributed by atoms with Crippen molar-refractivity contribution in [3.8, 4) is 5.75 Å². The molecule has 0 bridgehead atoms. The fourth-order valence-corrected chi connectivity index (χ4v) is 4.63. The molecule has 0 unspecified atom stereocenters. The van der Waals surface area contributed by atoms with Crippen LogP contribution in [0, 0.1) is 0 Å². The van der Waals surface area contributed by atoms with Crippen LogP contribution in [0.5, 0.6) is 5.75 Å². The summed E-state index contributed by atoms with van der Waals surface area (Å²) in [4.78, 5) is -0.165. The monoisotopic (exact) mass is 468 g/mol. The Labute approximate surface area is 176 Å². The van der Waals surface area contributed by atoms with Gasteiger partial charge in [0.2, 0.25) is 10.0 Å². The summed E-state index contributed by atoms with van der Waals surface area (Å²) in [6.45, 7) is 1.32. The van der Waals surface area contributed by atoms with Crippen LogP contribution < -0.4 is 14.8 Å². The molecular weight excluding hydrogens is 452 g/mol. The van der Waals surface area contributed by atoms with Crippen LogP contribution in [0.15, 0.2) is 47.4 Å². The number of benzene rings is 2. The van der Waals surface area contributed by atoms with E-state index in [2.05, 4.69) is 14.8 Å². The molecule has 0 radical (unpaired) electrons. The molecular formula is C18H17Cl2F3N2O3S. The van der Waals surface area contributed by atoms with Crippen molar-refractivity contribution in [2.24, 2.45) is 0 Å². The zero-order chi connectivity index (χ0) is 21.3. The lowest BCUT2D eigenvalue weighted by molar-refractivity contribution is -0.274. The van der Waals surface area contributed by atoms with Crippen molar-refractivity contribution in [1.29, 1.82) is 0 Å². The molecule has 29 heavy (non-hydrogen) atoms. The molecule has 0 aromatic heterocycles. The maximum atomic E-state index is 12.6. The molecule has 0 spiro atoms. The number of hydrogen-bond acceptors (Lipinski definition) is 4. The first-order valence-electron chi connectivity index (χ1n) is 8.53. The van der Waals surface area contributed by atoms with E-state index in [0.29, 0.717) is 29.6 Å². The zero-order valence-electron chi connectivity index (χ0n) is 14.9. The molecule has 1 fully saturated rings. The summed E-state index contributed by atoms with van der Waals surface area (Å²) in [6, 6.07) is 9.20. The third kappa shape index (κ3) is 5.35. The molecule has 1 aliphatic heterocycles. The lowest BCUT2D eigenvalue weighted by Gasteiger charge is -2.29. The van der Waals surface area contributed by atoms with Gasteiger partial charge in [-0.25, -0.2) is 13.1 Å². The van der Waals surface area contributed by atoms with Gasteiger partial charge >= 0.3 is 6.36 Å².